The zero-order valence-electron chi connectivity index (χ0n) is 10.9. The minimum absolute atomic E-state index is 0.130. The highest BCUT2D eigenvalue weighted by Gasteiger charge is 2.04. The summed E-state index contributed by atoms with van der Waals surface area (Å²) in [7, 11) is 1.54. The van der Waals surface area contributed by atoms with Crippen molar-refractivity contribution in [2.24, 2.45) is 16.5 Å². The lowest BCUT2D eigenvalue weighted by Crippen LogP contribution is -2.21. The van der Waals surface area contributed by atoms with Crippen LogP contribution in [0.4, 0.5) is 0 Å². The zero-order chi connectivity index (χ0) is 13.6. The second-order valence-corrected chi connectivity index (χ2v) is 3.68. The number of hydrogen-bond acceptors (Lipinski definition) is 2. The molecular weight excluding hydrogens is 226 g/mol. The highest BCUT2D eigenvalue weighted by atomic mass is 15.1. The predicted octanol–water partition coefficient (Wildman–Crippen LogP) is 1.27. The normalized spacial score (nSPS) is 12.4. The van der Waals surface area contributed by atoms with E-state index in [4.69, 9.17) is 16.9 Å². The molecule has 0 bridgehead atoms. The summed E-state index contributed by atoms with van der Waals surface area (Å²) in [5, 5.41) is 6.80. The molecule has 0 unspecified atom stereocenters. The van der Waals surface area contributed by atoms with Gasteiger partial charge < -0.3 is 16.4 Å². The van der Waals surface area contributed by atoms with Crippen LogP contribution in [-0.2, 0) is 0 Å². The van der Waals surface area contributed by atoms with Gasteiger partial charge >= 0.3 is 0 Å². The van der Waals surface area contributed by atoms with Crippen molar-refractivity contribution in [3.05, 3.63) is 36.4 Å². The summed E-state index contributed by atoms with van der Waals surface area (Å²) < 4.78 is 0. The summed E-state index contributed by atoms with van der Waals surface area (Å²) in [5.41, 5.74) is 9.64. The molecule has 1 aromatic carbocycles. The Hall–Kier alpha value is -2.04. The van der Waals surface area contributed by atoms with E-state index in [-0.39, 0.29) is 5.96 Å². The van der Waals surface area contributed by atoms with Gasteiger partial charge in [-0.25, -0.2) is 0 Å². The van der Waals surface area contributed by atoms with E-state index in [1.165, 1.54) is 26.2 Å². The Morgan fingerprint density at radius 3 is 1.56 bits per heavy atom. The maximum atomic E-state index is 6.80. The molecule has 1 heterocycles. The van der Waals surface area contributed by atoms with Crippen molar-refractivity contribution >= 4 is 12.3 Å². The topological polar surface area (TPSA) is 91.5 Å². The number of hydrogen-bond donors (Lipinski definition) is 3. The van der Waals surface area contributed by atoms with E-state index in [0.717, 1.165) is 13.1 Å². The Balaban J connectivity index is 0.000000245. The van der Waals surface area contributed by atoms with Crippen LogP contribution in [0.2, 0.25) is 0 Å². The Kier molecular flexibility index (Phi) is 10.1. The van der Waals surface area contributed by atoms with Crippen molar-refractivity contribution in [2.75, 3.05) is 20.1 Å². The van der Waals surface area contributed by atoms with Gasteiger partial charge in [0.2, 0.25) is 0 Å². The van der Waals surface area contributed by atoms with Crippen molar-refractivity contribution in [1.82, 2.24) is 4.90 Å². The first-order valence-electron chi connectivity index (χ1n) is 5.93. The first kappa shape index (κ1) is 16.0. The maximum Gasteiger partial charge on any atom is 0.185 e. The second-order valence-electron chi connectivity index (χ2n) is 3.68. The van der Waals surface area contributed by atoms with Gasteiger partial charge in [0.05, 0.1) is 6.34 Å². The summed E-state index contributed by atoms with van der Waals surface area (Å²) in [6, 6.07) is 12.0. The first-order chi connectivity index (χ1) is 8.70. The lowest BCUT2D eigenvalue weighted by Gasteiger charge is -2.05. The van der Waals surface area contributed by atoms with Gasteiger partial charge in [0, 0.05) is 20.1 Å². The third-order valence-electron chi connectivity index (χ3n) is 2.25. The van der Waals surface area contributed by atoms with Crippen LogP contribution in [0, 0.1) is 5.41 Å². The van der Waals surface area contributed by atoms with Crippen LogP contribution < -0.4 is 11.5 Å². The average molecular weight is 249 g/mol. The van der Waals surface area contributed by atoms with E-state index in [1.54, 1.807) is 0 Å². The van der Waals surface area contributed by atoms with Gasteiger partial charge in [0.25, 0.3) is 0 Å². The molecule has 0 aromatic heterocycles. The smallest absolute Gasteiger partial charge is 0.185 e. The average Bonchev–Trinajstić information content (AvgIpc) is 2.95. The quantitative estimate of drug-likeness (QED) is 0.517. The van der Waals surface area contributed by atoms with Gasteiger partial charge in [-0.2, -0.15) is 0 Å². The SMILES string of the molecule is CN=C(N)N.N=CN1CCCC1.c1ccccc1. The highest BCUT2D eigenvalue weighted by Crippen LogP contribution is 2.02. The van der Waals surface area contributed by atoms with Gasteiger partial charge in [-0.3, -0.25) is 10.4 Å². The molecule has 1 saturated heterocycles. The van der Waals surface area contributed by atoms with Crippen LogP contribution in [0.1, 0.15) is 12.8 Å². The zero-order valence-corrected chi connectivity index (χ0v) is 10.9. The molecule has 2 rings (SSSR count). The summed E-state index contributed by atoms with van der Waals surface area (Å²) in [6.45, 7) is 2.20. The summed E-state index contributed by atoms with van der Waals surface area (Å²) in [4.78, 5) is 5.39. The number of nitrogens with two attached hydrogens (primary N) is 2. The molecule has 1 aromatic rings. The van der Waals surface area contributed by atoms with E-state index < -0.39 is 0 Å². The number of aliphatic imine (C=N–C) groups is 1. The van der Waals surface area contributed by atoms with Crippen LogP contribution >= 0.6 is 0 Å². The largest absolute Gasteiger partial charge is 0.370 e. The molecule has 100 valence electrons. The third-order valence-corrected chi connectivity index (χ3v) is 2.25. The van der Waals surface area contributed by atoms with Gasteiger partial charge in [-0.1, -0.05) is 36.4 Å². The second kappa shape index (κ2) is 11.4. The van der Waals surface area contributed by atoms with E-state index in [2.05, 4.69) is 4.99 Å². The fourth-order valence-electron chi connectivity index (χ4n) is 1.26. The molecule has 1 fully saturated rings. The molecule has 5 heteroatoms. The van der Waals surface area contributed by atoms with E-state index >= 15 is 0 Å². The number of guanidine groups is 1. The molecule has 18 heavy (non-hydrogen) atoms. The molecular formula is C13H23N5. The molecule has 0 atom stereocenters. The monoisotopic (exact) mass is 249 g/mol. The van der Waals surface area contributed by atoms with Crippen molar-refractivity contribution in [2.45, 2.75) is 12.8 Å². The Labute approximate surface area is 109 Å². The molecule has 1 aliphatic rings. The lowest BCUT2D eigenvalue weighted by molar-refractivity contribution is 0.533. The van der Waals surface area contributed by atoms with Crippen molar-refractivity contribution < 1.29 is 0 Å². The number of rotatable bonds is 1. The summed E-state index contributed by atoms with van der Waals surface area (Å²) in [5.74, 6) is 0.130. The lowest BCUT2D eigenvalue weighted by atomic mass is 10.4. The van der Waals surface area contributed by atoms with Crippen molar-refractivity contribution in [1.29, 1.82) is 5.41 Å². The molecule has 0 saturated carbocycles. The summed E-state index contributed by atoms with van der Waals surface area (Å²) >= 11 is 0. The standard InChI is InChI=1S/C6H6.C5H10N2.C2H7N3/c1-2-4-6-5-3-1;6-5-7-3-1-2-4-7;1-5-2(3)4/h1-6H;5-6H,1-4H2;1H3,(H4,3,4,5). The molecule has 0 spiro atoms. The van der Waals surface area contributed by atoms with Crippen LogP contribution in [0.5, 0.6) is 0 Å². The molecule has 5 N–H and O–H groups in total. The Morgan fingerprint density at radius 1 is 1.06 bits per heavy atom. The van der Waals surface area contributed by atoms with Gasteiger partial charge in [-0.05, 0) is 12.8 Å². The fraction of sp³-hybridized carbons (Fsp3) is 0.385. The maximum absolute atomic E-state index is 6.80. The van der Waals surface area contributed by atoms with Crippen molar-refractivity contribution in [3.8, 4) is 0 Å². The van der Waals surface area contributed by atoms with E-state index in [0.29, 0.717) is 0 Å². The third kappa shape index (κ3) is 10.5. The van der Waals surface area contributed by atoms with Gasteiger partial charge in [-0.15, -0.1) is 0 Å². The van der Waals surface area contributed by atoms with E-state index in [1.807, 2.05) is 41.3 Å². The Morgan fingerprint density at radius 2 is 1.39 bits per heavy atom. The molecule has 0 aliphatic carbocycles. The minimum Gasteiger partial charge on any atom is -0.370 e. The van der Waals surface area contributed by atoms with E-state index in [9.17, 15) is 0 Å². The van der Waals surface area contributed by atoms with Crippen LogP contribution in [0.3, 0.4) is 0 Å². The number of nitrogens with zero attached hydrogens (tertiary/aromatic N) is 2. The van der Waals surface area contributed by atoms with Gasteiger partial charge in [0.15, 0.2) is 5.96 Å². The van der Waals surface area contributed by atoms with Crippen molar-refractivity contribution in [3.63, 3.8) is 0 Å². The number of nitrogens with one attached hydrogen (secondary N) is 1. The molecule has 0 radical (unpaired) electrons. The van der Waals surface area contributed by atoms with Gasteiger partial charge in [0.1, 0.15) is 0 Å². The minimum atomic E-state index is 0.130. The highest BCUT2D eigenvalue weighted by molar-refractivity contribution is 5.75. The molecule has 1 aliphatic heterocycles. The number of benzene rings is 1. The molecule has 5 nitrogen and oxygen atoms in total. The van der Waals surface area contributed by atoms with Crippen LogP contribution in [-0.4, -0.2) is 37.3 Å². The molecule has 0 amide bonds. The predicted molar refractivity (Wildman–Crippen MR) is 77.8 cm³/mol. The fourth-order valence-corrected chi connectivity index (χ4v) is 1.26. The Bertz CT molecular complexity index is 287. The summed E-state index contributed by atoms with van der Waals surface area (Å²) in [6.07, 6.45) is 3.97. The van der Waals surface area contributed by atoms with Crippen LogP contribution in [0.15, 0.2) is 41.4 Å². The first-order valence-corrected chi connectivity index (χ1v) is 5.93. The van der Waals surface area contributed by atoms with Crippen LogP contribution in [0.25, 0.3) is 0 Å². The number of likely N-dealkylation sites (tertiary alicyclic amines) is 1.